The monoisotopic (exact) mass is 1080 g/mol. The van der Waals surface area contributed by atoms with Crippen LogP contribution in [-0.2, 0) is 21.7 Å². The quantitative estimate of drug-likeness (QED) is 0.165. The molecule has 0 unspecified atom stereocenters. The first kappa shape index (κ1) is 50.0. The molecule has 2 nitrogen and oxygen atoms in total. The third kappa shape index (κ3) is 7.16. The summed E-state index contributed by atoms with van der Waals surface area (Å²) in [5, 5.41) is 0. The second-order valence-corrected chi connectivity index (χ2v) is 25.5. The van der Waals surface area contributed by atoms with Gasteiger partial charge in [0.15, 0.2) is 0 Å². The summed E-state index contributed by atoms with van der Waals surface area (Å²) in [6, 6.07) is 103. The van der Waals surface area contributed by atoms with E-state index in [1.165, 1.54) is 89.0 Å². The van der Waals surface area contributed by atoms with E-state index in [9.17, 15) is 0 Å². The predicted octanol–water partition coefficient (Wildman–Crippen LogP) is 21.6. The van der Waals surface area contributed by atoms with Gasteiger partial charge in [-0.3, -0.25) is 0 Å². The summed E-state index contributed by atoms with van der Waals surface area (Å²) >= 11 is 0. The van der Waals surface area contributed by atoms with Crippen LogP contribution in [0.3, 0.4) is 0 Å². The van der Waals surface area contributed by atoms with Gasteiger partial charge in [0.05, 0.1) is 22.2 Å². The van der Waals surface area contributed by atoms with Gasteiger partial charge in [0.2, 0.25) is 0 Å². The molecule has 0 saturated carbocycles. The number of ether oxygens (including phenoxy) is 1. The molecule has 0 radical (unpaired) electrons. The standard InChI is InChI=1S/C82H63NO/c1-79(2,3)56-41-45-64-65-46-42-57(80(4,5)6)50-73(65)82(72(64)49-56)68-29-15-11-27-62(68)66-47-43-58(51-74(66)82)83(75-32-18-12-24-59(75)54-38-36-53(37-39-54)52-22-8-7-9-23-52)76-33-19-13-25-60(76)55-40-44-63-61-26-10-14-28-67(61)81(71(63)48-55)69-30-16-20-34-77(69)84-78-35-21-17-31-70(78)81/h7-51H,1-6H3. The van der Waals surface area contributed by atoms with Gasteiger partial charge in [-0.1, -0.05) is 272 Å². The highest BCUT2D eigenvalue weighted by molar-refractivity contribution is 6.00. The van der Waals surface area contributed by atoms with Gasteiger partial charge in [0.25, 0.3) is 0 Å². The molecule has 0 saturated heterocycles. The Morgan fingerprint density at radius 2 is 0.619 bits per heavy atom. The Balaban J connectivity index is 0.961. The molecule has 1 aliphatic heterocycles. The van der Waals surface area contributed by atoms with Crippen molar-refractivity contribution in [1.82, 2.24) is 0 Å². The van der Waals surface area contributed by atoms with Gasteiger partial charge in [-0.25, -0.2) is 0 Å². The fourth-order valence-electron chi connectivity index (χ4n) is 15.0. The second kappa shape index (κ2) is 18.4. The normalized spacial score (nSPS) is 14.1. The van der Waals surface area contributed by atoms with Gasteiger partial charge >= 0.3 is 0 Å². The van der Waals surface area contributed by atoms with Crippen LogP contribution >= 0.6 is 0 Å². The molecule has 12 aromatic rings. The summed E-state index contributed by atoms with van der Waals surface area (Å²) in [5.41, 5.74) is 29.4. The highest BCUT2D eigenvalue weighted by atomic mass is 16.5. The van der Waals surface area contributed by atoms with Gasteiger partial charge in [-0.15, -0.1) is 0 Å². The van der Waals surface area contributed by atoms with Crippen LogP contribution in [0.5, 0.6) is 11.5 Å². The van der Waals surface area contributed by atoms with Gasteiger partial charge in [-0.05, 0) is 153 Å². The first-order valence-electron chi connectivity index (χ1n) is 29.7. The van der Waals surface area contributed by atoms with Crippen molar-refractivity contribution in [2.24, 2.45) is 0 Å². The lowest BCUT2D eigenvalue weighted by Gasteiger charge is -2.39. The third-order valence-corrected chi connectivity index (χ3v) is 18.9. The van der Waals surface area contributed by atoms with Gasteiger partial charge in [0.1, 0.15) is 11.5 Å². The lowest BCUT2D eigenvalue weighted by atomic mass is 9.66. The Morgan fingerprint density at radius 1 is 0.262 bits per heavy atom. The average molecular weight is 1080 g/mol. The second-order valence-electron chi connectivity index (χ2n) is 25.5. The Morgan fingerprint density at radius 3 is 1.15 bits per heavy atom. The Labute approximate surface area is 494 Å². The maximum atomic E-state index is 6.79. The maximum Gasteiger partial charge on any atom is 0.132 e. The molecule has 4 aliphatic rings. The largest absolute Gasteiger partial charge is 0.457 e. The lowest BCUT2D eigenvalue weighted by Crippen LogP contribution is -2.32. The van der Waals surface area contributed by atoms with Crippen LogP contribution in [0.1, 0.15) is 97.2 Å². The fraction of sp³-hybridized carbons (Fsp3) is 0.122. The lowest BCUT2D eigenvalue weighted by molar-refractivity contribution is 0.436. The number of anilines is 3. The van der Waals surface area contributed by atoms with E-state index in [1.807, 2.05) is 0 Å². The minimum absolute atomic E-state index is 0.0641. The summed E-state index contributed by atoms with van der Waals surface area (Å²) in [5.74, 6) is 1.77. The van der Waals surface area contributed by atoms with Crippen molar-refractivity contribution in [3.63, 3.8) is 0 Å². The number of para-hydroxylation sites is 4. The molecule has 0 atom stereocenters. The van der Waals surface area contributed by atoms with Crippen LogP contribution in [0.2, 0.25) is 0 Å². The minimum Gasteiger partial charge on any atom is -0.457 e. The molecule has 1 heterocycles. The van der Waals surface area contributed by atoms with E-state index in [1.54, 1.807) is 0 Å². The van der Waals surface area contributed by atoms with Gasteiger partial charge in [-0.2, -0.15) is 0 Å². The zero-order valence-corrected chi connectivity index (χ0v) is 48.3. The summed E-state index contributed by atoms with van der Waals surface area (Å²) in [4.78, 5) is 2.57. The van der Waals surface area contributed by atoms with Crippen molar-refractivity contribution in [3.05, 3.63) is 329 Å². The van der Waals surface area contributed by atoms with Crippen molar-refractivity contribution >= 4 is 17.1 Å². The summed E-state index contributed by atoms with van der Waals surface area (Å²) in [7, 11) is 0. The highest BCUT2D eigenvalue weighted by Gasteiger charge is 2.54. The molecule has 2 heteroatoms. The van der Waals surface area contributed by atoms with E-state index in [0.717, 1.165) is 61.9 Å². The van der Waals surface area contributed by atoms with Crippen molar-refractivity contribution in [3.8, 4) is 78.3 Å². The van der Waals surface area contributed by atoms with Crippen molar-refractivity contribution in [2.45, 2.75) is 63.2 Å². The van der Waals surface area contributed by atoms with E-state index in [-0.39, 0.29) is 10.8 Å². The molecule has 16 rings (SSSR count). The minimum atomic E-state index is -0.614. The number of hydrogen-bond donors (Lipinski definition) is 0. The smallest absolute Gasteiger partial charge is 0.132 e. The molecule has 0 N–H and O–H groups in total. The molecule has 0 amide bonds. The van der Waals surface area contributed by atoms with Crippen molar-refractivity contribution in [1.29, 1.82) is 0 Å². The molecule has 402 valence electrons. The molecule has 84 heavy (non-hydrogen) atoms. The zero-order valence-electron chi connectivity index (χ0n) is 48.3. The maximum absolute atomic E-state index is 6.79. The predicted molar refractivity (Wildman–Crippen MR) is 349 cm³/mol. The molecule has 0 aromatic heterocycles. The summed E-state index contributed by atoms with van der Waals surface area (Å²) < 4.78 is 6.79. The molecule has 12 aromatic carbocycles. The van der Waals surface area contributed by atoms with Crippen LogP contribution in [0.25, 0.3) is 66.8 Å². The van der Waals surface area contributed by atoms with Crippen LogP contribution in [0.4, 0.5) is 17.1 Å². The molecular formula is C82H63NO. The first-order chi connectivity index (χ1) is 40.9. The summed E-state index contributed by atoms with van der Waals surface area (Å²) in [6.45, 7) is 14.1. The number of hydrogen-bond acceptors (Lipinski definition) is 2. The summed E-state index contributed by atoms with van der Waals surface area (Å²) in [6.07, 6.45) is 0. The molecule has 0 bridgehead atoms. The Bertz CT molecular complexity index is 4550. The zero-order chi connectivity index (χ0) is 56.7. The number of nitrogens with zero attached hydrogens (tertiary/aromatic N) is 1. The van der Waals surface area contributed by atoms with Crippen LogP contribution in [0.15, 0.2) is 273 Å². The van der Waals surface area contributed by atoms with Gasteiger partial charge in [0, 0.05) is 27.9 Å². The molecular weight excluding hydrogens is 1010 g/mol. The van der Waals surface area contributed by atoms with Crippen LogP contribution < -0.4 is 9.64 Å². The van der Waals surface area contributed by atoms with Gasteiger partial charge < -0.3 is 9.64 Å². The molecule has 0 fully saturated rings. The average Bonchev–Trinajstić information content (AvgIpc) is 1.52. The highest BCUT2D eigenvalue weighted by Crippen LogP contribution is 2.66. The van der Waals surface area contributed by atoms with Crippen molar-refractivity contribution < 1.29 is 4.74 Å². The number of fused-ring (bicyclic) bond motifs is 19. The number of rotatable bonds is 6. The van der Waals surface area contributed by atoms with E-state index in [2.05, 4.69) is 319 Å². The van der Waals surface area contributed by atoms with E-state index in [4.69, 9.17) is 4.74 Å². The van der Waals surface area contributed by atoms with Crippen LogP contribution in [0, 0.1) is 0 Å². The number of benzene rings is 12. The topological polar surface area (TPSA) is 12.5 Å². The van der Waals surface area contributed by atoms with E-state index < -0.39 is 10.8 Å². The van der Waals surface area contributed by atoms with E-state index >= 15 is 0 Å². The first-order valence-corrected chi connectivity index (χ1v) is 29.7. The Hall–Kier alpha value is -9.76. The third-order valence-electron chi connectivity index (χ3n) is 18.9. The van der Waals surface area contributed by atoms with E-state index in [0.29, 0.717) is 0 Å². The Kier molecular flexibility index (Phi) is 10.9. The van der Waals surface area contributed by atoms with Crippen molar-refractivity contribution in [2.75, 3.05) is 4.90 Å². The molecule has 3 aliphatic carbocycles. The van der Waals surface area contributed by atoms with Crippen LogP contribution in [-0.4, -0.2) is 0 Å². The molecule has 2 spiro atoms. The fourth-order valence-corrected chi connectivity index (χ4v) is 15.0. The SMILES string of the molecule is CC(C)(C)c1ccc2c(c1)C1(c3ccccc3-c3ccc(N(c4ccccc4-c4ccc(-c5ccccc5)cc4)c4ccccc4-c4ccc5c(c4)C4(c6ccccc6Oc6ccccc64)c4ccccc4-5)cc31)c1cc(C(C)(C)C)ccc1-2.